The first-order chi connectivity index (χ1) is 9.35. The summed E-state index contributed by atoms with van der Waals surface area (Å²) >= 11 is 0. The smallest absolute Gasteiger partial charge is 0.337 e. The van der Waals surface area contributed by atoms with Crippen molar-refractivity contribution in [2.75, 3.05) is 26.0 Å². The summed E-state index contributed by atoms with van der Waals surface area (Å²) in [6.07, 6.45) is 0. The van der Waals surface area contributed by atoms with Crippen LogP contribution in [0.3, 0.4) is 0 Å². The summed E-state index contributed by atoms with van der Waals surface area (Å²) in [7, 11) is 2.78. The molecule has 0 atom stereocenters. The molecule has 20 heavy (non-hydrogen) atoms. The standard InChI is InChI=1S/C12H15N3O5/c1-15(6-10(13)16)12(19)14-9-5-7(20-2)3-4-8(9)11(17)18/h3-5H,6H2,1-2H3,(H2,13,16)(H,14,19)(H,17,18). The van der Waals surface area contributed by atoms with Crippen molar-refractivity contribution in [1.82, 2.24) is 4.90 Å². The van der Waals surface area contributed by atoms with E-state index in [9.17, 15) is 14.4 Å². The number of primary amides is 1. The van der Waals surface area contributed by atoms with Gasteiger partial charge in [-0.3, -0.25) is 4.79 Å². The SMILES string of the molecule is COc1ccc(C(=O)O)c(NC(=O)N(C)CC(N)=O)c1. The fourth-order valence-corrected chi connectivity index (χ4v) is 1.46. The molecule has 0 aliphatic carbocycles. The van der Waals surface area contributed by atoms with E-state index < -0.39 is 17.9 Å². The summed E-state index contributed by atoms with van der Waals surface area (Å²) in [5.74, 6) is -1.48. The maximum atomic E-state index is 11.8. The maximum Gasteiger partial charge on any atom is 0.337 e. The topological polar surface area (TPSA) is 122 Å². The van der Waals surface area contributed by atoms with E-state index in [1.54, 1.807) is 0 Å². The first-order valence-electron chi connectivity index (χ1n) is 5.57. The van der Waals surface area contributed by atoms with Crippen LogP contribution in [0.2, 0.25) is 0 Å². The summed E-state index contributed by atoms with van der Waals surface area (Å²) in [6.45, 7) is -0.280. The number of hydrogen-bond donors (Lipinski definition) is 3. The Morgan fingerprint density at radius 2 is 2.05 bits per heavy atom. The number of carbonyl (C=O) groups is 3. The third kappa shape index (κ3) is 3.87. The molecular formula is C12H15N3O5. The number of nitrogens with one attached hydrogen (secondary N) is 1. The number of rotatable bonds is 5. The Hall–Kier alpha value is -2.77. The van der Waals surface area contributed by atoms with E-state index in [0.717, 1.165) is 4.90 Å². The molecule has 4 N–H and O–H groups in total. The average Bonchev–Trinajstić information content (AvgIpc) is 2.37. The lowest BCUT2D eigenvalue weighted by Crippen LogP contribution is -2.38. The number of methoxy groups -OCH3 is 1. The van der Waals surface area contributed by atoms with Crippen molar-refractivity contribution in [2.45, 2.75) is 0 Å². The monoisotopic (exact) mass is 281 g/mol. The van der Waals surface area contributed by atoms with E-state index in [0.29, 0.717) is 5.75 Å². The molecule has 3 amide bonds. The molecule has 0 bridgehead atoms. The van der Waals surface area contributed by atoms with Gasteiger partial charge in [-0.1, -0.05) is 0 Å². The van der Waals surface area contributed by atoms with Crippen LogP contribution in [-0.2, 0) is 4.79 Å². The van der Waals surface area contributed by atoms with Crippen LogP contribution in [0.25, 0.3) is 0 Å². The van der Waals surface area contributed by atoms with Crippen LogP contribution in [0.4, 0.5) is 10.5 Å². The van der Waals surface area contributed by atoms with Gasteiger partial charge in [-0.15, -0.1) is 0 Å². The first kappa shape index (κ1) is 15.3. The van der Waals surface area contributed by atoms with Gasteiger partial charge in [0.25, 0.3) is 0 Å². The predicted molar refractivity (Wildman–Crippen MR) is 70.8 cm³/mol. The molecule has 1 aromatic carbocycles. The van der Waals surface area contributed by atoms with Gasteiger partial charge >= 0.3 is 12.0 Å². The fourth-order valence-electron chi connectivity index (χ4n) is 1.46. The molecule has 0 fully saturated rings. The summed E-state index contributed by atoms with van der Waals surface area (Å²) in [6, 6.07) is 3.50. The minimum Gasteiger partial charge on any atom is -0.497 e. The zero-order chi connectivity index (χ0) is 15.3. The second-order valence-corrected chi connectivity index (χ2v) is 3.97. The first-order valence-corrected chi connectivity index (χ1v) is 5.57. The largest absolute Gasteiger partial charge is 0.497 e. The number of hydrogen-bond acceptors (Lipinski definition) is 4. The van der Waals surface area contributed by atoms with E-state index in [4.69, 9.17) is 15.6 Å². The summed E-state index contributed by atoms with van der Waals surface area (Å²) in [4.78, 5) is 34.6. The number of ether oxygens (including phenoxy) is 1. The van der Waals surface area contributed by atoms with E-state index in [-0.39, 0.29) is 17.8 Å². The molecule has 1 aromatic rings. The van der Waals surface area contributed by atoms with Crippen molar-refractivity contribution in [2.24, 2.45) is 5.73 Å². The molecule has 0 radical (unpaired) electrons. The summed E-state index contributed by atoms with van der Waals surface area (Å²) in [5.41, 5.74) is 4.95. The normalized spacial score (nSPS) is 9.70. The molecule has 0 aliphatic heterocycles. The fraction of sp³-hybridized carbons (Fsp3) is 0.250. The van der Waals surface area contributed by atoms with Gasteiger partial charge in [-0.05, 0) is 12.1 Å². The number of carboxylic acid groups (broad SMARTS) is 1. The average molecular weight is 281 g/mol. The molecule has 0 saturated carbocycles. The highest BCUT2D eigenvalue weighted by Crippen LogP contribution is 2.22. The lowest BCUT2D eigenvalue weighted by molar-refractivity contribution is -0.118. The number of nitrogens with zero attached hydrogens (tertiary/aromatic N) is 1. The van der Waals surface area contributed by atoms with Crippen molar-refractivity contribution >= 4 is 23.6 Å². The number of carboxylic acids is 1. The van der Waals surface area contributed by atoms with E-state index in [1.807, 2.05) is 0 Å². The van der Waals surface area contributed by atoms with Gasteiger partial charge in [-0.25, -0.2) is 9.59 Å². The number of aromatic carboxylic acids is 1. The Balaban J connectivity index is 2.97. The van der Waals surface area contributed by atoms with Crippen LogP contribution in [-0.4, -0.2) is 48.6 Å². The van der Waals surface area contributed by atoms with Crippen LogP contribution in [0.5, 0.6) is 5.75 Å². The van der Waals surface area contributed by atoms with Crippen LogP contribution >= 0.6 is 0 Å². The van der Waals surface area contributed by atoms with Gasteiger partial charge in [0.2, 0.25) is 5.91 Å². The van der Waals surface area contributed by atoms with Gasteiger partial charge in [0, 0.05) is 13.1 Å². The Labute approximate surface area is 115 Å². The highest BCUT2D eigenvalue weighted by atomic mass is 16.5. The van der Waals surface area contributed by atoms with Crippen LogP contribution in [0, 0.1) is 0 Å². The van der Waals surface area contributed by atoms with E-state index in [1.165, 1.54) is 32.4 Å². The number of anilines is 1. The summed E-state index contributed by atoms with van der Waals surface area (Å²) < 4.78 is 4.96. The highest BCUT2D eigenvalue weighted by Gasteiger charge is 2.16. The molecular weight excluding hydrogens is 266 g/mol. The Morgan fingerprint density at radius 1 is 1.40 bits per heavy atom. The third-order valence-electron chi connectivity index (χ3n) is 2.44. The van der Waals surface area contributed by atoms with Crippen molar-refractivity contribution in [3.8, 4) is 5.75 Å². The number of benzene rings is 1. The molecule has 8 heteroatoms. The second-order valence-electron chi connectivity index (χ2n) is 3.97. The van der Waals surface area contributed by atoms with Gasteiger partial charge in [0.1, 0.15) is 12.3 Å². The lowest BCUT2D eigenvalue weighted by atomic mass is 10.1. The minimum absolute atomic E-state index is 0.0678. The third-order valence-corrected chi connectivity index (χ3v) is 2.44. The lowest BCUT2D eigenvalue weighted by Gasteiger charge is -2.17. The Bertz CT molecular complexity index is 544. The number of likely N-dealkylation sites (N-methyl/N-ethyl adjacent to an activating group) is 1. The molecule has 1 rings (SSSR count). The van der Waals surface area contributed by atoms with Gasteiger partial charge in [0.15, 0.2) is 0 Å². The molecule has 108 valence electrons. The molecule has 0 unspecified atom stereocenters. The van der Waals surface area contributed by atoms with Crippen LogP contribution in [0.1, 0.15) is 10.4 Å². The highest BCUT2D eigenvalue weighted by molar-refractivity contribution is 6.00. The number of amides is 3. The van der Waals surface area contributed by atoms with Crippen molar-refractivity contribution < 1.29 is 24.2 Å². The quantitative estimate of drug-likeness (QED) is 0.718. The van der Waals surface area contributed by atoms with Crippen LogP contribution in [0.15, 0.2) is 18.2 Å². The van der Waals surface area contributed by atoms with Gasteiger partial charge in [-0.2, -0.15) is 0 Å². The number of urea groups is 1. The number of nitrogens with two attached hydrogens (primary N) is 1. The van der Waals surface area contributed by atoms with Crippen LogP contribution < -0.4 is 15.8 Å². The Morgan fingerprint density at radius 3 is 2.55 bits per heavy atom. The predicted octanol–water partition coefficient (Wildman–Crippen LogP) is 0.342. The molecule has 8 nitrogen and oxygen atoms in total. The molecule has 0 spiro atoms. The van der Waals surface area contributed by atoms with Gasteiger partial charge < -0.3 is 25.8 Å². The van der Waals surface area contributed by atoms with E-state index in [2.05, 4.69) is 5.32 Å². The van der Waals surface area contributed by atoms with E-state index >= 15 is 0 Å². The van der Waals surface area contributed by atoms with Crippen molar-refractivity contribution in [3.63, 3.8) is 0 Å². The van der Waals surface area contributed by atoms with Crippen molar-refractivity contribution in [1.29, 1.82) is 0 Å². The molecule has 0 heterocycles. The second kappa shape index (κ2) is 6.41. The van der Waals surface area contributed by atoms with Gasteiger partial charge in [0.05, 0.1) is 18.4 Å². The number of carbonyl (C=O) groups excluding carboxylic acids is 2. The maximum absolute atomic E-state index is 11.8. The molecule has 0 aliphatic rings. The Kier molecular flexibility index (Phi) is 4.90. The van der Waals surface area contributed by atoms with Crippen molar-refractivity contribution in [3.05, 3.63) is 23.8 Å². The zero-order valence-corrected chi connectivity index (χ0v) is 11.0. The molecule has 0 saturated heterocycles. The molecule has 0 aromatic heterocycles. The minimum atomic E-state index is -1.19. The summed E-state index contributed by atoms with van der Waals surface area (Å²) in [5, 5.41) is 11.4. The zero-order valence-electron chi connectivity index (χ0n) is 11.0.